The quantitative estimate of drug-likeness (QED) is 0.625. The lowest BCUT2D eigenvalue weighted by Crippen LogP contribution is -1.69. The van der Waals surface area contributed by atoms with E-state index in [9.17, 15) is 0 Å². The highest BCUT2D eigenvalue weighted by molar-refractivity contribution is 5.52. The number of azo groups is 1. The van der Waals surface area contributed by atoms with Gasteiger partial charge in [0.25, 0.3) is 0 Å². The zero-order valence-corrected chi connectivity index (χ0v) is 8.57. The maximum Gasteiger partial charge on any atom is 0.502 e. The van der Waals surface area contributed by atoms with Crippen molar-refractivity contribution in [2.24, 2.45) is 10.2 Å². The minimum Gasteiger partial charge on any atom is -0.284 e. The van der Waals surface area contributed by atoms with Crippen molar-refractivity contribution in [3.8, 4) is 6.07 Å². The van der Waals surface area contributed by atoms with E-state index in [4.69, 9.17) is 10.7 Å². The van der Waals surface area contributed by atoms with Crippen LogP contribution in [0.2, 0.25) is 0 Å². The van der Waals surface area contributed by atoms with E-state index in [-0.39, 0.29) is 17.5 Å². The molecule has 0 aliphatic heterocycles. The molecule has 17 heavy (non-hydrogen) atoms. The zero-order valence-electron chi connectivity index (χ0n) is 8.57. The Morgan fingerprint density at radius 1 is 1.24 bits per heavy atom. The second kappa shape index (κ2) is 4.64. The number of rotatable bonds is 2. The Hall–Kier alpha value is -3.06. The normalized spacial score (nSPS) is 10.0. The topological polar surface area (TPSA) is 105 Å². The molecule has 7 nitrogen and oxygen atoms in total. The molecule has 1 heterocycles. The van der Waals surface area contributed by atoms with Crippen molar-refractivity contribution < 1.29 is 0 Å². The molecule has 1 N–H and O–H groups in total. The first-order valence-corrected chi connectivity index (χ1v) is 4.65. The van der Waals surface area contributed by atoms with Crippen molar-refractivity contribution in [3.63, 3.8) is 0 Å². The third kappa shape index (κ3) is 2.30. The summed E-state index contributed by atoms with van der Waals surface area (Å²) < 4.78 is 0. The van der Waals surface area contributed by atoms with Crippen molar-refractivity contribution in [2.75, 3.05) is 0 Å². The van der Waals surface area contributed by atoms with Crippen molar-refractivity contribution in [2.45, 2.75) is 0 Å². The molecule has 0 atom stereocenters. The van der Waals surface area contributed by atoms with Gasteiger partial charge >= 0.3 is 11.8 Å². The van der Waals surface area contributed by atoms with E-state index in [1.807, 2.05) is 18.2 Å². The van der Waals surface area contributed by atoms with E-state index in [0.29, 0.717) is 5.69 Å². The van der Waals surface area contributed by atoms with E-state index in [1.165, 1.54) is 0 Å². The molecule has 0 saturated carbocycles. The number of hydrogen-bond donors (Lipinski definition) is 1. The number of benzene rings is 1. The summed E-state index contributed by atoms with van der Waals surface area (Å²) in [6, 6.07) is 10.9. The zero-order chi connectivity index (χ0) is 12.1. The van der Waals surface area contributed by atoms with Gasteiger partial charge in [-0.25, -0.2) is 0 Å². The Labute approximate surface area is 96.1 Å². The Morgan fingerprint density at radius 3 is 2.59 bits per heavy atom. The standard InChI is InChI=1S/C10H6N7/c11-6-8-9(15-12)14-10(13-8)17-16-7-4-2-1-3-5-7/h1-5H,(H,13,14)/q+1. The van der Waals surface area contributed by atoms with Crippen LogP contribution in [0.25, 0.3) is 4.98 Å². The number of aromatic nitrogens is 2. The van der Waals surface area contributed by atoms with Crippen LogP contribution in [0.15, 0.2) is 40.6 Å². The SMILES string of the molecule is N#Cc1[nH]c(N=Nc2ccccc2)nc1[N+]#N. The summed E-state index contributed by atoms with van der Waals surface area (Å²) in [4.78, 5) is 9.18. The maximum absolute atomic E-state index is 8.68. The van der Waals surface area contributed by atoms with Crippen molar-refractivity contribution in [1.29, 1.82) is 10.7 Å². The highest BCUT2D eigenvalue weighted by Crippen LogP contribution is 2.21. The van der Waals surface area contributed by atoms with Gasteiger partial charge in [-0.2, -0.15) is 5.26 Å². The molecule has 1 aromatic heterocycles. The van der Waals surface area contributed by atoms with E-state index in [0.717, 1.165) is 0 Å². The van der Waals surface area contributed by atoms with Gasteiger partial charge < -0.3 is 0 Å². The van der Waals surface area contributed by atoms with Gasteiger partial charge in [0.05, 0.1) is 11.1 Å². The van der Waals surface area contributed by atoms with E-state index >= 15 is 0 Å². The van der Waals surface area contributed by atoms with Gasteiger partial charge in [0.15, 0.2) is 0 Å². The number of nitrogens with one attached hydrogen (secondary N) is 1. The molecule has 80 valence electrons. The number of nitrogens with zero attached hydrogens (tertiary/aromatic N) is 6. The minimum atomic E-state index is -0.102. The predicted molar refractivity (Wildman–Crippen MR) is 58.7 cm³/mol. The lowest BCUT2D eigenvalue weighted by atomic mass is 10.3. The van der Waals surface area contributed by atoms with Gasteiger partial charge in [0.2, 0.25) is 5.69 Å². The summed E-state index contributed by atoms with van der Waals surface area (Å²) >= 11 is 0. The molecular weight excluding hydrogens is 218 g/mol. The molecule has 0 spiro atoms. The van der Waals surface area contributed by atoms with Crippen LogP contribution in [0.4, 0.5) is 17.5 Å². The van der Waals surface area contributed by atoms with Crippen LogP contribution < -0.4 is 0 Å². The number of diazo groups is 1. The molecule has 0 aliphatic rings. The minimum absolute atomic E-state index is 0.0366. The third-order valence-corrected chi connectivity index (χ3v) is 1.90. The molecule has 0 aliphatic carbocycles. The lowest BCUT2D eigenvalue weighted by Gasteiger charge is -1.86. The lowest BCUT2D eigenvalue weighted by molar-refractivity contribution is 1.12. The molecule has 0 bridgehead atoms. The van der Waals surface area contributed by atoms with Crippen molar-refractivity contribution >= 4 is 17.5 Å². The summed E-state index contributed by atoms with van der Waals surface area (Å²) in [5.74, 6) is 0.00714. The van der Waals surface area contributed by atoms with Gasteiger partial charge in [0, 0.05) is 9.96 Å². The molecule has 2 rings (SSSR count). The van der Waals surface area contributed by atoms with Crippen molar-refractivity contribution in [1.82, 2.24) is 9.97 Å². The van der Waals surface area contributed by atoms with Crippen LogP contribution in [0.3, 0.4) is 0 Å². The van der Waals surface area contributed by atoms with E-state index < -0.39 is 0 Å². The second-order valence-electron chi connectivity index (χ2n) is 3.01. The fourth-order valence-electron chi connectivity index (χ4n) is 1.15. The van der Waals surface area contributed by atoms with Crippen LogP contribution in [0.1, 0.15) is 5.69 Å². The van der Waals surface area contributed by atoms with Gasteiger partial charge in [-0.05, 0) is 12.1 Å². The second-order valence-corrected chi connectivity index (χ2v) is 3.01. The molecule has 0 unspecified atom stereocenters. The fraction of sp³-hybridized carbons (Fsp3) is 0. The summed E-state index contributed by atoms with van der Waals surface area (Å²) in [5, 5.41) is 24.9. The van der Waals surface area contributed by atoms with Crippen LogP contribution in [0.5, 0.6) is 0 Å². The highest BCUT2D eigenvalue weighted by atomic mass is 15.2. The molecule has 0 amide bonds. The first-order valence-electron chi connectivity index (χ1n) is 4.65. The number of aromatic amines is 1. The van der Waals surface area contributed by atoms with Gasteiger partial charge in [-0.15, -0.1) is 5.11 Å². The number of hydrogen-bond acceptors (Lipinski definition) is 5. The van der Waals surface area contributed by atoms with Gasteiger partial charge in [0.1, 0.15) is 6.07 Å². The van der Waals surface area contributed by atoms with Gasteiger partial charge in [-0.3, -0.25) is 4.98 Å². The summed E-state index contributed by atoms with van der Waals surface area (Å²) in [7, 11) is 0. The summed E-state index contributed by atoms with van der Waals surface area (Å²) in [6.45, 7) is 0. The molecule has 0 fully saturated rings. The van der Waals surface area contributed by atoms with Crippen molar-refractivity contribution in [3.05, 3.63) is 41.0 Å². The molecule has 2 aromatic rings. The van der Waals surface area contributed by atoms with Crippen LogP contribution >= 0.6 is 0 Å². The Kier molecular flexibility index (Phi) is 2.85. The molecular formula is C10H6N7+. The summed E-state index contributed by atoms with van der Waals surface area (Å²) in [6.07, 6.45) is 0. The third-order valence-electron chi connectivity index (χ3n) is 1.90. The average Bonchev–Trinajstić information content (AvgIpc) is 2.80. The maximum atomic E-state index is 8.68. The van der Waals surface area contributed by atoms with Crippen LogP contribution in [-0.4, -0.2) is 9.97 Å². The Bertz CT molecular complexity index is 595. The number of H-pyrrole nitrogens is 1. The highest BCUT2D eigenvalue weighted by Gasteiger charge is 2.21. The number of imidazole rings is 1. The Morgan fingerprint density at radius 2 is 2.00 bits per heavy atom. The number of nitriles is 1. The molecule has 1 aromatic carbocycles. The first-order chi connectivity index (χ1) is 8.33. The van der Waals surface area contributed by atoms with Gasteiger partial charge in [-0.1, -0.05) is 23.3 Å². The predicted octanol–water partition coefficient (Wildman–Crippen LogP) is 3.18. The Balaban J connectivity index is 2.26. The van der Waals surface area contributed by atoms with E-state index in [1.54, 1.807) is 18.2 Å². The molecule has 0 radical (unpaired) electrons. The fourth-order valence-corrected chi connectivity index (χ4v) is 1.15. The van der Waals surface area contributed by atoms with Crippen LogP contribution in [0, 0.1) is 16.7 Å². The smallest absolute Gasteiger partial charge is 0.284 e. The first kappa shape index (κ1) is 10.5. The largest absolute Gasteiger partial charge is 0.502 e. The molecule has 0 saturated heterocycles. The summed E-state index contributed by atoms with van der Waals surface area (Å²) in [5.41, 5.74) is 0.694. The van der Waals surface area contributed by atoms with E-state index in [2.05, 4.69) is 25.2 Å². The van der Waals surface area contributed by atoms with Crippen LogP contribution in [-0.2, 0) is 0 Å². The molecule has 7 heteroatoms. The monoisotopic (exact) mass is 224 g/mol. The average molecular weight is 224 g/mol.